The first-order valence-corrected chi connectivity index (χ1v) is 11.0. The van der Waals surface area contributed by atoms with Gasteiger partial charge in [-0.05, 0) is 32.8 Å². The Kier molecular flexibility index (Phi) is 6.44. The van der Waals surface area contributed by atoms with Crippen molar-refractivity contribution >= 4 is 38.7 Å². The van der Waals surface area contributed by atoms with Crippen molar-refractivity contribution < 1.29 is 19.4 Å². The van der Waals surface area contributed by atoms with E-state index in [-0.39, 0.29) is 11.5 Å². The molecule has 0 aromatic carbocycles. The van der Waals surface area contributed by atoms with E-state index in [0.29, 0.717) is 42.2 Å². The fourth-order valence-electron chi connectivity index (χ4n) is 3.35. The first-order chi connectivity index (χ1) is 14.4. The predicted octanol–water partition coefficient (Wildman–Crippen LogP) is 3.01. The molecule has 0 spiro atoms. The molecule has 11 heteroatoms. The van der Waals surface area contributed by atoms with Gasteiger partial charge in [-0.15, -0.1) is 11.3 Å². The quantitative estimate of drug-likeness (QED) is 0.652. The summed E-state index contributed by atoms with van der Waals surface area (Å²) in [6.07, 6.45) is -1.49. The molecule has 1 aliphatic rings. The molecule has 10 nitrogen and oxygen atoms in total. The van der Waals surface area contributed by atoms with E-state index in [4.69, 9.17) is 9.84 Å². The van der Waals surface area contributed by atoms with E-state index >= 15 is 0 Å². The SMILES string of the molecule is CC(C)[C@H](NC(=O)OC(C)(C)C)c1nc2cc(N3CCN(C(=O)O)CC3)sc2c(=O)[nH]1. The van der Waals surface area contributed by atoms with Crippen LogP contribution in [0.4, 0.5) is 14.6 Å². The summed E-state index contributed by atoms with van der Waals surface area (Å²) in [6.45, 7) is 11.1. The summed E-state index contributed by atoms with van der Waals surface area (Å²) in [6, 6.07) is 1.33. The zero-order valence-electron chi connectivity index (χ0n) is 18.4. The Labute approximate surface area is 184 Å². The summed E-state index contributed by atoms with van der Waals surface area (Å²) in [7, 11) is 0. The number of carboxylic acid groups (broad SMARTS) is 1. The summed E-state index contributed by atoms with van der Waals surface area (Å²) < 4.78 is 5.85. The van der Waals surface area contributed by atoms with Crippen LogP contribution in [0.15, 0.2) is 10.9 Å². The maximum absolute atomic E-state index is 12.7. The number of hydrogen-bond acceptors (Lipinski definition) is 7. The van der Waals surface area contributed by atoms with Crippen molar-refractivity contribution in [2.45, 2.75) is 46.3 Å². The molecule has 0 unspecified atom stereocenters. The number of alkyl carbamates (subject to hydrolysis) is 1. The Balaban J connectivity index is 1.84. The second-order valence-electron chi connectivity index (χ2n) is 8.87. The fraction of sp³-hybridized carbons (Fsp3) is 0.600. The number of nitrogens with one attached hydrogen (secondary N) is 2. The summed E-state index contributed by atoms with van der Waals surface area (Å²) in [5.74, 6) is 0.341. The molecule has 0 bridgehead atoms. The van der Waals surface area contributed by atoms with E-state index < -0.39 is 23.8 Å². The monoisotopic (exact) mass is 451 g/mol. The van der Waals surface area contributed by atoms with Crippen LogP contribution in [0.1, 0.15) is 46.5 Å². The van der Waals surface area contributed by atoms with Gasteiger partial charge >= 0.3 is 12.2 Å². The standard InChI is InChI=1S/C20H29N5O5S/c1-11(2)14(22-18(27)30-20(3,4)5)16-21-12-10-13(31-15(12)17(26)23-16)24-6-8-25(9-7-24)19(28)29/h10-11,14H,6-9H2,1-5H3,(H,22,27)(H,28,29)(H,21,23,26)/t14-/m0/s1. The van der Waals surface area contributed by atoms with Crippen LogP contribution in [0.5, 0.6) is 0 Å². The molecule has 1 atom stereocenters. The third kappa shape index (κ3) is 5.46. The number of piperazine rings is 1. The molecule has 0 saturated carbocycles. The Morgan fingerprint density at radius 3 is 2.45 bits per heavy atom. The maximum atomic E-state index is 12.7. The molecular formula is C20H29N5O5S. The molecule has 1 aliphatic heterocycles. The van der Waals surface area contributed by atoms with Crippen LogP contribution in [0.25, 0.3) is 10.2 Å². The number of nitrogens with zero attached hydrogens (tertiary/aromatic N) is 3. The lowest BCUT2D eigenvalue weighted by Gasteiger charge is -2.33. The van der Waals surface area contributed by atoms with E-state index in [2.05, 4.69) is 20.2 Å². The zero-order valence-corrected chi connectivity index (χ0v) is 19.2. The highest BCUT2D eigenvalue weighted by molar-refractivity contribution is 7.22. The third-order valence-corrected chi connectivity index (χ3v) is 6.07. The van der Waals surface area contributed by atoms with E-state index in [0.717, 1.165) is 5.00 Å². The van der Waals surface area contributed by atoms with Crippen molar-refractivity contribution in [3.05, 3.63) is 22.2 Å². The van der Waals surface area contributed by atoms with Gasteiger partial charge in [0.05, 0.1) is 16.6 Å². The average molecular weight is 452 g/mol. The van der Waals surface area contributed by atoms with Crippen molar-refractivity contribution in [1.29, 1.82) is 0 Å². The van der Waals surface area contributed by atoms with Crippen molar-refractivity contribution in [2.24, 2.45) is 5.92 Å². The largest absolute Gasteiger partial charge is 0.465 e. The highest BCUT2D eigenvalue weighted by atomic mass is 32.1. The number of thiophene rings is 1. The van der Waals surface area contributed by atoms with E-state index in [9.17, 15) is 14.4 Å². The molecule has 0 radical (unpaired) electrons. The first-order valence-electron chi connectivity index (χ1n) is 10.2. The summed E-state index contributed by atoms with van der Waals surface area (Å²) in [5, 5.41) is 12.8. The lowest BCUT2D eigenvalue weighted by molar-refractivity contribution is 0.0486. The van der Waals surface area contributed by atoms with Gasteiger partial charge in [0.1, 0.15) is 16.1 Å². The number of amides is 2. The molecule has 3 N–H and O–H groups in total. The van der Waals surface area contributed by atoms with Crippen LogP contribution in [0, 0.1) is 5.92 Å². The van der Waals surface area contributed by atoms with E-state index in [1.54, 1.807) is 20.8 Å². The lowest BCUT2D eigenvalue weighted by Crippen LogP contribution is -2.48. The summed E-state index contributed by atoms with van der Waals surface area (Å²) >= 11 is 1.33. The Hall–Kier alpha value is -2.82. The van der Waals surface area contributed by atoms with Crippen LogP contribution in [-0.2, 0) is 4.74 Å². The molecular weight excluding hydrogens is 422 g/mol. The minimum absolute atomic E-state index is 0.0321. The topological polar surface area (TPSA) is 128 Å². The average Bonchev–Trinajstić information content (AvgIpc) is 3.09. The number of fused-ring (bicyclic) bond motifs is 1. The number of carbonyl (C=O) groups excluding carboxylic acids is 1. The van der Waals surface area contributed by atoms with Gasteiger partial charge in [-0.2, -0.15) is 0 Å². The van der Waals surface area contributed by atoms with Crippen molar-refractivity contribution in [1.82, 2.24) is 20.2 Å². The highest BCUT2D eigenvalue weighted by Gasteiger charge is 2.26. The predicted molar refractivity (Wildman–Crippen MR) is 119 cm³/mol. The number of ether oxygens (including phenoxy) is 1. The molecule has 1 fully saturated rings. The third-order valence-electron chi connectivity index (χ3n) is 4.88. The molecule has 1 saturated heterocycles. The van der Waals surface area contributed by atoms with Crippen LogP contribution >= 0.6 is 11.3 Å². The molecule has 2 aromatic heterocycles. The second-order valence-corrected chi connectivity index (χ2v) is 9.91. The normalized spacial score (nSPS) is 15.9. The van der Waals surface area contributed by atoms with Crippen molar-refractivity contribution in [3.8, 4) is 0 Å². The molecule has 0 aliphatic carbocycles. The minimum Gasteiger partial charge on any atom is -0.465 e. The lowest BCUT2D eigenvalue weighted by atomic mass is 10.0. The minimum atomic E-state index is -0.920. The van der Waals surface area contributed by atoms with E-state index in [1.165, 1.54) is 16.2 Å². The van der Waals surface area contributed by atoms with Crippen molar-refractivity contribution in [3.63, 3.8) is 0 Å². The zero-order chi connectivity index (χ0) is 22.9. The number of hydrogen-bond donors (Lipinski definition) is 3. The Morgan fingerprint density at radius 2 is 1.90 bits per heavy atom. The number of H-pyrrole nitrogens is 1. The second kappa shape index (κ2) is 8.74. The number of aromatic nitrogens is 2. The van der Waals surface area contributed by atoms with Gasteiger partial charge in [0.25, 0.3) is 5.56 Å². The number of anilines is 1. The van der Waals surface area contributed by atoms with Gasteiger partial charge in [-0.25, -0.2) is 14.6 Å². The van der Waals surface area contributed by atoms with Gasteiger partial charge < -0.3 is 29.9 Å². The van der Waals surface area contributed by atoms with Gasteiger partial charge in [0.15, 0.2) is 0 Å². The van der Waals surface area contributed by atoms with Crippen molar-refractivity contribution in [2.75, 3.05) is 31.1 Å². The van der Waals surface area contributed by atoms with Gasteiger partial charge in [0.2, 0.25) is 0 Å². The van der Waals surface area contributed by atoms with Gasteiger partial charge in [-0.3, -0.25) is 4.79 Å². The fourth-order valence-corrected chi connectivity index (χ4v) is 4.40. The van der Waals surface area contributed by atoms with Crippen LogP contribution < -0.4 is 15.8 Å². The molecule has 3 heterocycles. The Morgan fingerprint density at radius 1 is 1.26 bits per heavy atom. The Bertz CT molecular complexity index is 1020. The first kappa shape index (κ1) is 22.9. The molecule has 170 valence electrons. The number of carbonyl (C=O) groups is 2. The maximum Gasteiger partial charge on any atom is 0.408 e. The van der Waals surface area contributed by atoms with Gasteiger partial charge in [0, 0.05) is 26.2 Å². The molecule has 2 aromatic rings. The molecule has 31 heavy (non-hydrogen) atoms. The van der Waals surface area contributed by atoms with Crippen LogP contribution in [-0.4, -0.2) is 63.9 Å². The molecule has 2 amide bonds. The summed E-state index contributed by atoms with van der Waals surface area (Å²) in [4.78, 5) is 47.0. The van der Waals surface area contributed by atoms with Gasteiger partial charge in [-0.1, -0.05) is 13.8 Å². The summed E-state index contributed by atoms with van der Waals surface area (Å²) in [5.41, 5.74) is -0.350. The number of aromatic amines is 1. The highest BCUT2D eigenvalue weighted by Crippen LogP contribution is 2.31. The molecule has 3 rings (SSSR count). The number of rotatable bonds is 4. The smallest absolute Gasteiger partial charge is 0.408 e. The van der Waals surface area contributed by atoms with Crippen LogP contribution in [0.2, 0.25) is 0 Å². The van der Waals surface area contributed by atoms with E-state index in [1.807, 2.05) is 19.9 Å². The van der Waals surface area contributed by atoms with Crippen LogP contribution in [0.3, 0.4) is 0 Å².